The Bertz CT molecular complexity index is 669. The summed E-state index contributed by atoms with van der Waals surface area (Å²) in [6, 6.07) is 7.81. The molecule has 1 fully saturated rings. The second-order valence-electron chi connectivity index (χ2n) is 6.82. The molecule has 0 spiro atoms. The van der Waals surface area contributed by atoms with Gasteiger partial charge in [0.1, 0.15) is 0 Å². The number of carbonyl (C=O) groups excluding carboxylic acids is 1. The average molecular weight is 342 g/mol. The number of hydrogen-bond acceptors (Lipinski definition) is 3. The topological polar surface area (TPSA) is 79.2 Å². The van der Waals surface area contributed by atoms with Crippen molar-refractivity contribution >= 4 is 6.03 Å². The summed E-state index contributed by atoms with van der Waals surface area (Å²) in [7, 11) is 0. The van der Waals surface area contributed by atoms with Crippen LogP contribution < -0.4 is 10.6 Å². The zero-order chi connectivity index (χ0) is 17.6. The molecule has 0 saturated heterocycles. The number of aromatic nitrogens is 2. The first-order valence-corrected chi connectivity index (χ1v) is 8.92. The zero-order valence-corrected chi connectivity index (χ0v) is 14.6. The highest BCUT2D eigenvalue weighted by Crippen LogP contribution is 2.23. The van der Waals surface area contributed by atoms with Gasteiger partial charge in [0.2, 0.25) is 0 Å². The number of nitrogens with one attached hydrogen (secondary N) is 2. The van der Waals surface area contributed by atoms with Gasteiger partial charge in [-0.2, -0.15) is 0 Å². The predicted molar refractivity (Wildman–Crippen MR) is 96.5 cm³/mol. The molecule has 0 bridgehead atoms. The van der Waals surface area contributed by atoms with Gasteiger partial charge in [0.25, 0.3) is 0 Å². The molecule has 2 amide bonds. The molecule has 25 heavy (non-hydrogen) atoms. The van der Waals surface area contributed by atoms with Crippen LogP contribution in [0.25, 0.3) is 5.69 Å². The van der Waals surface area contributed by atoms with Crippen molar-refractivity contribution in [2.45, 2.75) is 44.8 Å². The molecule has 6 heteroatoms. The number of urea groups is 1. The lowest BCUT2D eigenvalue weighted by Gasteiger charge is -2.26. The Morgan fingerprint density at radius 2 is 2.16 bits per heavy atom. The first-order valence-electron chi connectivity index (χ1n) is 8.92. The summed E-state index contributed by atoms with van der Waals surface area (Å²) in [5, 5.41) is 15.6. The van der Waals surface area contributed by atoms with Gasteiger partial charge in [0.05, 0.1) is 18.5 Å². The quantitative estimate of drug-likeness (QED) is 0.782. The van der Waals surface area contributed by atoms with E-state index in [1.165, 1.54) is 0 Å². The first kappa shape index (κ1) is 17.5. The number of benzene rings is 1. The lowest BCUT2D eigenvalue weighted by Crippen LogP contribution is -2.40. The van der Waals surface area contributed by atoms with Gasteiger partial charge < -0.3 is 20.3 Å². The molecule has 134 valence electrons. The maximum atomic E-state index is 12.1. The van der Waals surface area contributed by atoms with E-state index in [2.05, 4.69) is 15.6 Å². The monoisotopic (exact) mass is 342 g/mol. The fourth-order valence-electron chi connectivity index (χ4n) is 3.36. The van der Waals surface area contributed by atoms with Gasteiger partial charge in [-0.3, -0.25) is 0 Å². The molecule has 2 aromatic rings. The summed E-state index contributed by atoms with van der Waals surface area (Å²) < 4.78 is 1.94. The molecule has 0 radical (unpaired) electrons. The van der Waals surface area contributed by atoms with E-state index in [1.807, 2.05) is 42.0 Å². The molecular formula is C19H26N4O2. The van der Waals surface area contributed by atoms with Crippen molar-refractivity contribution in [2.24, 2.45) is 5.92 Å². The van der Waals surface area contributed by atoms with Crippen LogP contribution in [-0.2, 0) is 0 Å². The molecule has 1 aromatic heterocycles. The first-order chi connectivity index (χ1) is 12.1. The smallest absolute Gasteiger partial charge is 0.315 e. The van der Waals surface area contributed by atoms with Crippen molar-refractivity contribution in [1.82, 2.24) is 20.2 Å². The highest BCUT2D eigenvalue weighted by atomic mass is 16.3. The van der Waals surface area contributed by atoms with Crippen LogP contribution in [0.3, 0.4) is 0 Å². The van der Waals surface area contributed by atoms with E-state index in [4.69, 9.17) is 0 Å². The molecule has 1 aromatic carbocycles. The third-order valence-corrected chi connectivity index (χ3v) is 4.85. The zero-order valence-electron chi connectivity index (χ0n) is 14.6. The molecule has 1 aliphatic carbocycles. The number of carbonyl (C=O) groups is 1. The number of aliphatic hydroxyl groups is 1. The fraction of sp³-hybridized carbons (Fsp3) is 0.474. The van der Waals surface area contributed by atoms with E-state index in [-0.39, 0.29) is 18.2 Å². The van der Waals surface area contributed by atoms with E-state index in [9.17, 15) is 9.90 Å². The Morgan fingerprint density at radius 1 is 1.36 bits per heavy atom. The minimum absolute atomic E-state index is 0.0752. The Labute approximate surface area is 148 Å². The summed E-state index contributed by atoms with van der Waals surface area (Å²) in [5.41, 5.74) is 2.08. The average Bonchev–Trinajstić information content (AvgIpc) is 3.15. The van der Waals surface area contributed by atoms with Crippen molar-refractivity contribution in [3.8, 4) is 5.69 Å². The van der Waals surface area contributed by atoms with Gasteiger partial charge in [-0.15, -0.1) is 0 Å². The largest absolute Gasteiger partial charge is 0.393 e. The second kappa shape index (κ2) is 8.16. The molecule has 6 nitrogen and oxygen atoms in total. The van der Waals surface area contributed by atoms with Crippen LogP contribution in [0, 0.1) is 5.92 Å². The number of aliphatic hydroxyl groups excluding tert-OH is 1. The highest BCUT2D eigenvalue weighted by molar-refractivity contribution is 5.74. The molecule has 1 aliphatic rings. The number of imidazole rings is 1. The van der Waals surface area contributed by atoms with Crippen LogP contribution in [0.1, 0.15) is 44.2 Å². The van der Waals surface area contributed by atoms with E-state index in [0.29, 0.717) is 12.5 Å². The van der Waals surface area contributed by atoms with E-state index >= 15 is 0 Å². The summed E-state index contributed by atoms with van der Waals surface area (Å²) in [6.45, 7) is 2.59. The Morgan fingerprint density at radius 3 is 2.84 bits per heavy atom. The maximum Gasteiger partial charge on any atom is 0.315 e. The highest BCUT2D eigenvalue weighted by Gasteiger charge is 2.20. The van der Waals surface area contributed by atoms with Crippen LogP contribution in [0.5, 0.6) is 0 Å². The Hall–Kier alpha value is -2.34. The minimum atomic E-state index is -0.212. The van der Waals surface area contributed by atoms with E-state index in [0.717, 1.165) is 36.9 Å². The molecule has 3 N–H and O–H groups in total. The summed E-state index contributed by atoms with van der Waals surface area (Å²) in [4.78, 5) is 16.1. The molecule has 1 heterocycles. The van der Waals surface area contributed by atoms with Crippen LogP contribution in [0.2, 0.25) is 0 Å². The van der Waals surface area contributed by atoms with Gasteiger partial charge in [0, 0.05) is 24.6 Å². The lowest BCUT2D eigenvalue weighted by molar-refractivity contribution is 0.101. The lowest BCUT2D eigenvalue weighted by atomic mass is 9.87. The fourth-order valence-corrected chi connectivity index (χ4v) is 3.36. The molecule has 3 unspecified atom stereocenters. The third kappa shape index (κ3) is 4.82. The van der Waals surface area contributed by atoms with Gasteiger partial charge in [0.15, 0.2) is 0 Å². The molecule has 3 atom stereocenters. The molecule has 0 aliphatic heterocycles. The van der Waals surface area contributed by atoms with Gasteiger partial charge in [-0.05, 0) is 49.8 Å². The number of hydrogen-bond donors (Lipinski definition) is 3. The van der Waals surface area contributed by atoms with Crippen molar-refractivity contribution in [1.29, 1.82) is 0 Å². The second-order valence-corrected chi connectivity index (χ2v) is 6.82. The number of amides is 2. The summed E-state index contributed by atoms with van der Waals surface area (Å²) in [6.07, 6.45) is 8.96. The minimum Gasteiger partial charge on any atom is -0.393 e. The Kier molecular flexibility index (Phi) is 5.71. The van der Waals surface area contributed by atoms with E-state index < -0.39 is 0 Å². The van der Waals surface area contributed by atoms with Crippen LogP contribution in [-0.4, -0.2) is 33.3 Å². The maximum absolute atomic E-state index is 12.1. The van der Waals surface area contributed by atoms with Gasteiger partial charge >= 0.3 is 6.03 Å². The van der Waals surface area contributed by atoms with Crippen molar-refractivity contribution < 1.29 is 9.90 Å². The summed E-state index contributed by atoms with van der Waals surface area (Å²) in [5.74, 6) is 0.374. The van der Waals surface area contributed by atoms with E-state index in [1.54, 1.807) is 12.5 Å². The molecule has 1 saturated carbocycles. The normalized spacial score (nSPS) is 21.5. The van der Waals surface area contributed by atoms with Crippen molar-refractivity contribution in [2.75, 3.05) is 6.54 Å². The van der Waals surface area contributed by atoms with Crippen LogP contribution in [0.15, 0.2) is 43.0 Å². The standard InChI is InChI=1S/C19H26N4O2/c1-14(16-5-7-17(8-6-16)23-10-9-20-13-23)22-19(25)21-12-15-3-2-4-18(24)11-15/h5-10,13-15,18,24H,2-4,11-12H2,1H3,(H2,21,22,25). The van der Waals surface area contributed by atoms with Crippen LogP contribution >= 0.6 is 0 Å². The van der Waals surface area contributed by atoms with Gasteiger partial charge in [-0.25, -0.2) is 9.78 Å². The third-order valence-electron chi connectivity index (χ3n) is 4.85. The predicted octanol–water partition coefficient (Wildman–Crippen LogP) is 2.78. The van der Waals surface area contributed by atoms with Crippen molar-refractivity contribution in [3.63, 3.8) is 0 Å². The molecular weight excluding hydrogens is 316 g/mol. The SMILES string of the molecule is CC(NC(=O)NCC1CCCC(O)C1)c1ccc(-n2ccnc2)cc1. The van der Waals surface area contributed by atoms with Crippen LogP contribution in [0.4, 0.5) is 4.79 Å². The van der Waals surface area contributed by atoms with Crippen molar-refractivity contribution in [3.05, 3.63) is 48.5 Å². The number of nitrogens with zero attached hydrogens (tertiary/aromatic N) is 2. The summed E-state index contributed by atoms with van der Waals surface area (Å²) >= 11 is 0. The number of rotatable bonds is 5. The van der Waals surface area contributed by atoms with Gasteiger partial charge in [-0.1, -0.05) is 18.6 Å². The molecule has 3 rings (SSSR count). The Balaban J connectivity index is 1.48.